The zero-order valence-corrected chi connectivity index (χ0v) is 7.26. The Hall–Kier alpha value is -0.750. The van der Waals surface area contributed by atoms with Crippen molar-refractivity contribution in [3.8, 4) is 5.75 Å². The second-order valence-corrected chi connectivity index (χ2v) is 2.27. The fourth-order valence-corrected chi connectivity index (χ4v) is 1.11. The van der Waals surface area contributed by atoms with Crippen molar-refractivity contribution in [3.63, 3.8) is 0 Å². The predicted molar refractivity (Wildman–Crippen MR) is 44.2 cm³/mol. The molecule has 3 heteroatoms. The molecule has 1 rings (SSSR count). The first-order valence-electron chi connectivity index (χ1n) is 2.80. The minimum absolute atomic E-state index is 0.326. The molecule has 1 aromatic carbocycles. The second-order valence-electron chi connectivity index (χ2n) is 1.77. The Morgan fingerprint density at radius 1 is 1.33 bits per heavy atom. The number of phenols is 1. The molecule has 50 valence electrons. The summed E-state index contributed by atoms with van der Waals surface area (Å²) in [7, 11) is 0.865. The van der Waals surface area contributed by atoms with Crippen molar-refractivity contribution < 1.29 is 5.11 Å². The van der Waals surface area contributed by atoms with Crippen molar-refractivity contribution in [1.82, 2.24) is 0 Å². The summed E-state index contributed by atoms with van der Waals surface area (Å²) < 4.78 is 0. The fraction of sp³-hybridized carbons (Fsp3) is 0. The maximum absolute atomic E-state index is 9.07. The third-order valence-electron chi connectivity index (χ3n) is 1.17. The fourth-order valence-electron chi connectivity index (χ4n) is 0.685. The van der Waals surface area contributed by atoms with E-state index in [4.69, 9.17) is 5.11 Å². The summed E-state index contributed by atoms with van der Waals surface area (Å²) in [5, 5.41) is 12.1. The number of phenolic OH excluding ortho intramolecular Hbond substituents is 1. The molecule has 0 radical (unpaired) electrons. The van der Waals surface area contributed by atoms with E-state index in [1.165, 1.54) is 0 Å². The van der Waals surface area contributed by atoms with E-state index in [9.17, 15) is 0 Å². The van der Waals surface area contributed by atoms with Gasteiger partial charge in [-0.15, -0.1) is 0 Å². The van der Waals surface area contributed by atoms with Gasteiger partial charge in [-0.3, -0.25) is 0 Å². The van der Waals surface area contributed by atoms with Crippen molar-refractivity contribution in [2.75, 3.05) is 5.09 Å². The van der Waals surface area contributed by atoms with Crippen molar-refractivity contribution in [2.24, 2.45) is 0 Å². The molecule has 0 aliphatic carbocycles. The standard InChI is InChI=1S/C6H10NOP/c8-6-4-2-1-3-5(6)7-9/h1-4,7-8H,9H4. The van der Waals surface area contributed by atoms with Crippen LogP contribution >= 0.6 is 9.39 Å². The Kier molecular flexibility index (Phi) is 1.91. The van der Waals surface area contributed by atoms with Gasteiger partial charge < -0.3 is 0 Å². The number of benzene rings is 1. The molecular weight excluding hydrogens is 133 g/mol. The molecule has 0 heterocycles. The molecule has 0 bridgehead atoms. The quantitative estimate of drug-likeness (QED) is 0.455. The molecule has 0 atom stereocenters. The summed E-state index contributed by atoms with van der Waals surface area (Å²) in [6, 6.07) is 7.21. The third kappa shape index (κ3) is 1.33. The van der Waals surface area contributed by atoms with Crippen molar-refractivity contribution in [3.05, 3.63) is 24.3 Å². The van der Waals surface area contributed by atoms with Gasteiger partial charge in [-0.1, -0.05) is 0 Å². The van der Waals surface area contributed by atoms with Crippen LogP contribution in [0.25, 0.3) is 0 Å². The van der Waals surface area contributed by atoms with Gasteiger partial charge in [0.25, 0.3) is 0 Å². The van der Waals surface area contributed by atoms with Crippen molar-refractivity contribution in [2.45, 2.75) is 0 Å². The molecule has 1 aromatic rings. The number of anilines is 1. The van der Waals surface area contributed by atoms with Crippen LogP contribution in [0.4, 0.5) is 5.69 Å². The first-order chi connectivity index (χ1) is 4.34. The van der Waals surface area contributed by atoms with E-state index in [2.05, 4.69) is 5.09 Å². The predicted octanol–water partition coefficient (Wildman–Crippen LogP) is 1.06. The Morgan fingerprint density at radius 3 is 2.44 bits per heavy atom. The van der Waals surface area contributed by atoms with Crippen LogP contribution in [0.3, 0.4) is 0 Å². The molecule has 0 unspecified atom stereocenters. The Balaban J connectivity index is 3.01. The van der Waals surface area contributed by atoms with Gasteiger partial charge in [0.15, 0.2) is 0 Å². The monoisotopic (exact) mass is 143 g/mol. The van der Waals surface area contributed by atoms with Gasteiger partial charge in [-0.25, -0.2) is 0 Å². The summed E-state index contributed by atoms with van der Waals surface area (Å²) in [5.74, 6) is 0.326. The zero-order valence-electron chi connectivity index (χ0n) is 5.26. The second kappa shape index (κ2) is 2.70. The molecule has 0 aliphatic heterocycles. The van der Waals surface area contributed by atoms with Crippen LogP contribution in [-0.4, -0.2) is 5.11 Å². The number of para-hydroxylation sites is 2. The van der Waals surface area contributed by atoms with Gasteiger partial charge in [0, 0.05) is 0 Å². The Bertz CT molecular complexity index is 202. The van der Waals surface area contributed by atoms with Gasteiger partial charge in [0.2, 0.25) is 0 Å². The van der Waals surface area contributed by atoms with Gasteiger partial charge in [-0.2, -0.15) is 0 Å². The maximum atomic E-state index is 9.07. The third-order valence-corrected chi connectivity index (χ3v) is 1.71. The van der Waals surface area contributed by atoms with E-state index in [0.717, 1.165) is 15.1 Å². The van der Waals surface area contributed by atoms with Crippen LogP contribution in [-0.2, 0) is 0 Å². The Labute approximate surface area is 56.2 Å². The average Bonchev–Trinajstić information content (AvgIpc) is 1.89. The first-order valence-corrected chi connectivity index (χ1v) is 3.80. The summed E-state index contributed by atoms with van der Waals surface area (Å²) in [6.45, 7) is 0. The first kappa shape index (κ1) is 6.37. The molecule has 0 aliphatic rings. The number of rotatable bonds is 1. The van der Waals surface area contributed by atoms with Crippen LogP contribution in [0.1, 0.15) is 0 Å². The molecule has 0 aromatic heterocycles. The van der Waals surface area contributed by atoms with Crippen molar-refractivity contribution >= 4 is 15.1 Å². The molecular formula is C6H10NOP. The number of aromatic hydroxyl groups is 1. The van der Waals surface area contributed by atoms with E-state index < -0.39 is 0 Å². The van der Waals surface area contributed by atoms with Crippen LogP contribution < -0.4 is 5.09 Å². The van der Waals surface area contributed by atoms with Gasteiger partial charge in [0.1, 0.15) is 0 Å². The van der Waals surface area contributed by atoms with Gasteiger partial charge >= 0.3 is 55.3 Å². The van der Waals surface area contributed by atoms with E-state index in [1.54, 1.807) is 12.1 Å². The molecule has 2 nitrogen and oxygen atoms in total. The summed E-state index contributed by atoms with van der Waals surface area (Å²) in [4.78, 5) is 0. The van der Waals surface area contributed by atoms with Crippen LogP contribution in [0.2, 0.25) is 0 Å². The van der Waals surface area contributed by atoms with E-state index in [-0.39, 0.29) is 0 Å². The Morgan fingerprint density at radius 2 is 2.00 bits per heavy atom. The molecule has 0 spiro atoms. The molecule has 0 fully saturated rings. The van der Waals surface area contributed by atoms with E-state index in [1.807, 2.05) is 12.1 Å². The van der Waals surface area contributed by atoms with Crippen molar-refractivity contribution in [1.29, 1.82) is 0 Å². The number of hydrogen-bond acceptors (Lipinski definition) is 2. The average molecular weight is 143 g/mol. The summed E-state index contributed by atoms with van der Waals surface area (Å²) in [5.41, 5.74) is 0.823. The van der Waals surface area contributed by atoms with Crippen LogP contribution in [0.5, 0.6) is 5.75 Å². The number of nitrogens with one attached hydrogen (secondary N) is 1. The topological polar surface area (TPSA) is 32.3 Å². The van der Waals surface area contributed by atoms with E-state index >= 15 is 0 Å². The molecule has 2 N–H and O–H groups in total. The van der Waals surface area contributed by atoms with Crippen LogP contribution in [0, 0.1) is 0 Å². The molecule has 0 saturated heterocycles. The summed E-state index contributed by atoms with van der Waals surface area (Å²) >= 11 is 0. The molecule has 0 amide bonds. The zero-order chi connectivity index (χ0) is 6.69. The van der Waals surface area contributed by atoms with Gasteiger partial charge in [0.05, 0.1) is 0 Å². The summed E-state index contributed by atoms with van der Waals surface area (Å²) in [6.07, 6.45) is 0. The normalized spacial score (nSPS) is 9.11. The SMILES string of the molecule is Oc1ccccc1N[PH4]. The van der Waals surface area contributed by atoms with E-state index in [0.29, 0.717) is 5.75 Å². The molecule has 0 saturated carbocycles. The minimum atomic E-state index is 0.326. The molecule has 9 heavy (non-hydrogen) atoms. The van der Waals surface area contributed by atoms with Crippen LogP contribution in [0.15, 0.2) is 24.3 Å². The number of hydrogen-bond donors (Lipinski definition) is 2. The van der Waals surface area contributed by atoms with Gasteiger partial charge in [-0.05, 0) is 0 Å².